The zero-order valence-electron chi connectivity index (χ0n) is 9.19. The molecule has 0 aromatic heterocycles. The van der Waals surface area contributed by atoms with Gasteiger partial charge in [0.05, 0.1) is 22.4 Å². The van der Waals surface area contributed by atoms with Gasteiger partial charge in [-0.15, -0.1) is 0 Å². The van der Waals surface area contributed by atoms with E-state index in [1.165, 1.54) is 6.07 Å². The number of halogens is 1. The molecule has 0 unspecified atom stereocenters. The third kappa shape index (κ3) is 3.71. The normalized spacial score (nSPS) is 11.1. The van der Waals surface area contributed by atoms with Crippen molar-refractivity contribution >= 4 is 15.5 Å². The maximum Gasteiger partial charge on any atom is 0.180 e. The molecule has 1 rings (SSSR count). The molecule has 92 valence electrons. The first-order valence-electron chi connectivity index (χ1n) is 5.12. The molecule has 0 aliphatic rings. The molecule has 0 heterocycles. The summed E-state index contributed by atoms with van der Waals surface area (Å²) >= 11 is 0. The van der Waals surface area contributed by atoms with Gasteiger partial charge < -0.3 is 5.73 Å². The summed E-state index contributed by atoms with van der Waals surface area (Å²) < 4.78 is 36.6. The van der Waals surface area contributed by atoms with Gasteiger partial charge in [-0.1, -0.05) is 0 Å². The molecule has 0 aliphatic carbocycles. The lowest BCUT2D eigenvalue weighted by molar-refractivity contribution is 0.587. The van der Waals surface area contributed by atoms with Crippen molar-refractivity contribution in [2.75, 3.05) is 11.5 Å². The van der Waals surface area contributed by atoms with Gasteiger partial charge in [-0.05, 0) is 31.0 Å². The predicted octanol–water partition coefficient (Wildman–Crippen LogP) is 1.88. The molecule has 17 heavy (non-hydrogen) atoms. The highest BCUT2D eigenvalue weighted by Crippen LogP contribution is 2.21. The minimum absolute atomic E-state index is 0.0479. The molecule has 0 atom stereocenters. The summed E-state index contributed by atoms with van der Waals surface area (Å²) in [6.07, 6.45) is 1.19. The van der Waals surface area contributed by atoms with Crippen LogP contribution in [0.4, 0.5) is 10.1 Å². The van der Waals surface area contributed by atoms with Crippen LogP contribution in [0, 0.1) is 17.1 Å². The Morgan fingerprint density at radius 3 is 2.71 bits per heavy atom. The number of nitrogens with zero attached hydrogens (tertiary/aromatic N) is 1. The van der Waals surface area contributed by atoms with Crippen molar-refractivity contribution in [2.24, 2.45) is 0 Å². The third-order valence-electron chi connectivity index (χ3n) is 2.26. The lowest BCUT2D eigenvalue weighted by Gasteiger charge is -2.06. The molecule has 0 amide bonds. The smallest absolute Gasteiger partial charge is 0.180 e. The van der Waals surface area contributed by atoms with Crippen molar-refractivity contribution in [1.82, 2.24) is 0 Å². The van der Waals surface area contributed by atoms with Gasteiger partial charge >= 0.3 is 0 Å². The number of hydrogen-bond acceptors (Lipinski definition) is 4. The standard InChI is InChI=1S/C11H13FN2O2S/c12-9-4-5-10(14)11(8-9)17(15,16)7-3-1-2-6-13/h4-5,8H,1-3,7,14H2. The molecule has 0 radical (unpaired) electrons. The van der Waals surface area contributed by atoms with Crippen LogP contribution in [0.5, 0.6) is 0 Å². The van der Waals surface area contributed by atoms with Gasteiger partial charge in [-0.3, -0.25) is 0 Å². The highest BCUT2D eigenvalue weighted by atomic mass is 32.2. The van der Waals surface area contributed by atoms with Crippen LogP contribution < -0.4 is 5.73 Å². The van der Waals surface area contributed by atoms with Crippen molar-refractivity contribution in [3.05, 3.63) is 24.0 Å². The van der Waals surface area contributed by atoms with Crippen molar-refractivity contribution in [1.29, 1.82) is 5.26 Å². The molecule has 0 bridgehead atoms. The zero-order chi connectivity index (χ0) is 12.9. The van der Waals surface area contributed by atoms with E-state index in [1.54, 1.807) is 0 Å². The molecule has 0 saturated heterocycles. The molecule has 0 aliphatic heterocycles. The molecule has 0 fully saturated rings. The van der Waals surface area contributed by atoms with Crippen LogP contribution in [0.1, 0.15) is 19.3 Å². The zero-order valence-corrected chi connectivity index (χ0v) is 10.0. The minimum atomic E-state index is -3.57. The SMILES string of the molecule is N#CCCCCS(=O)(=O)c1cc(F)ccc1N. The maximum atomic E-state index is 13.0. The molecule has 1 aromatic carbocycles. The van der Waals surface area contributed by atoms with Gasteiger partial charge in [-0.25, -0.2) is 12.8 Å². The van der Waals surface area contributed by atoms with Crippen LogP contribution in [-0.2, 0) is 9.84 Å². The van der Waals surface area contributed by atoms with Gasteiger partial charge in [0, 0.05) is 6.42 Å². The minimum Gasteiger partial charge on any atom is -0.398 e. The fourth-order valence-corrected chi connectivity index (χ4v) is 2.91. The summed E-state index contributed by atoms with van der Waals surface area (Å²) in [6, 6.07) is 5.21. The van der Waals surface area contributed by atoms with Gasteiger partial charge in [-0.2, -0.15) is 5.26 Å². The van der Waals surface area contributed by atoms with Gasteiger partial charge in [0.1, 0.15) is 5.82 Å². The second-order valence-electron chi connectivity index (χ2n) is 3.62. The highest BCUT2D eigenvalue weighted by Gasteiger charge is 2.17. The Kier molecular flexibility index (Phi) is 4.46. The Morgan fingerprint density at radius 2 is 2.06 bits per heavy atom. The number of nitriles is 1. The van der Waals surface area contributed by atoms with E-state index in [0.29, 0.717) is 19.3 Å². The van der Waals surface area contributed by atoms with E-state index in [4.69, 9.17) is 11.0 Å². The van der Waals surface area contributed by atoms with Crippen LogP contribution in [0.25, 0.3) is 0 Å². The number of unbranched alkanes of at least 4 members (excludes halogenated alkanes) is 2. The van der Waals surface area contributed by atoms with E-state index in [0.717, 1.165) is 12.1 Å². The summed E-state index contributed by atoms with van der Waals surface area (Å²) in [5, 5.41) is 8.32. The molecule has 4 nitrogen and oxygen atoms in total. The molecule has 0 saturated carbocycles. The van der Waals surface area contributed by atoms with E-state index < -0.39 is 15.7 Å². The Morgan fingerprint density at radius 1 is 1.35 bits per heavy atom. The lowest BCUT2D eigenvalue weighted by atomic mass is 10.3. The average molecular weight is 256 g/mol. The Labute approximate surface area is 99.8 Å². The number of sulfone groups is 1. The van der Waals surface area contributed by atoms with Crippen LogP contribution in [0.3, 0.4) is 0 Å². The topological polar surface area (TPSA) is 84.0 Å². The summed E-state index contributed by atoms with van der Waals surface area (Å²) in [5.74, 6) is -0.753. The maximum absolute atomic E-state index is 13.0. The average Bonchev–Trinajstić information content (AvgIpc) is 2.28. The number of nitrogen functional groups attached to an aromatic ring is 1. The summed E-state index contributed by atoms with van der Waals surface area (Å²) in [6.45, 7) is 0. The van der Waals surface area contributed by atoms with E-state index in [1.807, 2.05) is 6.07 Å². The number of benzene rings is 1. The molecule has 0 spiro atoms. The highest BCUT2D eigenvalue weighted by molar-refractivity contribution is 7.91. The van der Waals surface area contributed by atoms with Gasteiger partial charge in [0.2, 0.25) is 0 Å². The molecular weight excluding hydrogens is 243 g/mol. The first-order valence-corrected chi connectivity index (χ1v) is 6.77. The summed E-state index contributed by atoms with van der Waals surface area (Å²) in [4.78, 5) is -0.172. The Bertz CT molecular complexity index is 535. The molecule has 1 aromatic rings. The Hall–Kier alpha value is -1.61. The first-order chi connectivity index (χ1) is 7.97. The van der Waals surface area contributed by atoms with Crippen molar-refractivity contribution < 1.29 is 12.8 Å². The molecule has 2 N–H and O–H groups in total. The summed E-state index contributed by atoms with van der Waals surface area (Å²) in [5.41, 5.74) is 5.56. The van der Waals surface area contributed by atoms with E-state index in [-0.39, 0.29) is 16.3 Å². The van der Waals surface area contributed by atoms with Crippen molar-refractivity contribution in [2.45, 2.75) is 24.2 Å². The Balaban J connectivity index is 2.83. The predicted molar refractivity (Wildman–Crippen MR) is 62.3 cm³/mol. The number of hydrogen-bond donors (Lipinski definition) is 1. The molecule has 6 heteroatoms. The second-order valence-corrected chi connectivity index (χ2v) is 5.69. The second kappa shape index (κ2) is 5.64. The van der Waals surface area contributed by atoms with Crippen molar-refractivity contribution in [3.63, 3.8) is 0 Å². The fraction of sp³-hybridized carbons (Fsp3) is 0.364. The van der Waals surface area contributed by atoms with E-state index in [2.05, 4.69) is 0 Å². The van der Waals surface area contributed by atoms with Gasteiger partial charge in [0.25, 0.3) is 0 Å². The van der Waals surface area contributed by atoms with Crippen LogP contribution >= 0.6 is 0 Å². The summed E-state index contributed by atoms with van der Waals surface area (Å²) in [7, 11) is -3.57. The third-order valence-corrected chi connectivity index (χ3v) is 4.11. The number of nitrogens with two attached hydrogens (primary N) is 1. The van der Waals surface area contributed by atoms with Crippen LogP contribution in [0.15, 0.2) is 23.1 Å². The van der Waals surface area contributed by atoms with Gasteiger partial charge in [0.15, 0.2) is 9.84 Å². The van der Waals surface area contributed by atoms with Crippen molar-refractivity contribution in [3.8, 4) is 6.07 Å². The van der Waals surface area contributed by atoms with Crippen LogP contribution in [-0.4, -0.2) is 14.2 Å². The fourth-order valence-electron chi connectivity index (χ4n) is 1.38. The lowest BCUT2D eigenvalue weighted by Crippen LogP contribution is -2.10. The monoisotopic (exact) mass is 256 g/mol. The quantitative estimate of drug-likeness (QED) is 0.644. The first kappa shape index (κ1) is 13.5. The van der Waals surface area contributed by atoms with E-state index >= 15 is 0 Å². The largest absolute Gasteiger partial charge is 0.398 e. The number of rotatable bonds is 5. The van der Waals surface area contributed by atoms with E-state index in [9.17, 15) is 12.8 Å². The molecular formula is C11H13FN2O2S. The van der Waals surface area contributed by atoms with Crippen LogP contribution in [0.2, 0.25) is 0 Å². The number of anilines is 1.